The van der Waals surface area contributed by atoms with Crippen LogP contribution in [0.1, 0.15) is 51.4 Å². The molecule has 4 nitrogen and oxygen atoms in total. The van der Waals surface area contributed by atoms with E-state index in [9.17, 15) is 4.39 Å². The summed E-state index contributed by atoms with van der Waals surface area (Å²) in [5.41, 5.74) is 5.92. The normalized spacial score (nSPS) is 15.1. The van der Waals surface area contributed by atoms with Crippen LogP contribution < -0.4 is 5.73 Å². The van der Waals surface area contributed by atoms with Crippen molar-refractivity contribution >= 4 is 0 Å². The largest absolute Gasteiger partial charge is 0.337 e. The summed E-state index contributed by atoms with van der Waals surface area (Å²) < 4.78 is 18.3. The fourth-order valence-corrected chi connectivity index (χ4v) is 1.86. The van der Waals surface area contributed by atoms with E-state index < -0.39 is 11.0 Å². The quantitative estimate of drug-likeness (QED) is 0.932. The molecule has 0 aliphatic rings. The van der Waals surface area contributed by atoms with Crippen LogP contribution in [0, 0.1) is 5.82 Å². The van der Waals surface area contributed by atoms with Crippen molar-refractivity contribution in [2.45, 2.75) is 45.1 Å². The van der Waals surface area contributed by atoms with Gasteiger partial charge in [0.1, 0.15) is 5.82 Å². The molecule has 5 heteroatoms. The first-order valence-electron chi connectivity index (χ1n) is 6.67. The Morgan fingerprint density at radius 2 is 1.80 bits per heavy atom. The maximum atomic E-state index is 13.0. The lowest BCUT2D eigenvalue weighted by Gasteiger charge is -2.21. The van der Waals surface area contributed by atoms with Gasteiger partial charge in [-0.3, -0.25) is 0 Å². The van der Waals surface area contributed by atoms with Gasteiger partial charge in [-0.05, 0) is 44.9 Å². The van der Waals surface area contributed by atoms with Crippen molar-refractivity contribution in [3.05, 3.63) is 47.4 Å². The molecule has 20 heavy (non-hydrogen) atoms. The Morgan fingerprint density at radius 3 is 2.35 bits per heavy atom. The second-order valence-electron chi connectivity index (χ2n) is 5.83. The molecule has 0 aliphatic carbocycles. The fourth-order valence-electron chi connectivity index (χ4n) is 1.86. The summed E-state index contributed by atoms with van der Waals surface area (Å²) >= 11 is 0. The molecule has 0 saturated heterocycles. The summed E-state index contributed by atoms with van der Waals surface area (Å²) in [7, 11) is 0. The van der Waals surface area contributed by atoms with Gasteiger partial charge in [-0.1, -0.05) is 24.2 Å². The maximum Gasteiger partial charge on any atom is 0.246 e. The number of rotatable bonds is 4. The molecule has 1 atom stereocenters. The van der Waals surface area contributed by atoms with Gasteiger partial charge in [0, 0.05) is 0 Å². The second-order valence-corrected chi connectivity index (χ2v) is 5.83. The van der Waals surface area contributed by atoms with E-state index >= 15 is 0 Å². The Labute approximate surface area is 118 Å². The van der Waals surface area contributed by atoms with Crippen LogP contribution in [0.4, 0.5) is 4.39 Å². The van der Waals surface area contributed by atoms with Gasteiger partial charge in [-0.2, -0.15) is 4.98 Å². The standard InChI is InChI=1S/C15H20FN3O/c1-5-15(4,17)13-18-12(19-20-13)14(2,3)10-6-8-11(16)9-7-10/h6-9H,5,17H2,1-4H3. The predicted octanol–water partition coefficient (Wildman–Crippen LogP) is 3.12. The lowest BCUT2D eigenvalue weighted by molar-refractivity contribution is 0.288. The first kappa shape index (κ1) is 14.7. The summed E-state index contributed by atoms with van der Waals surface area (Å²) in [4.78, 5) is 4.43. The molecule has 108 valence electrons. The number of nitrogens with two attached hydrogens (primary N) is 1. The van der Waals surface area contributed by atoms with E-state index in [4.69, 9.17) is 10.3 Å². The summed E-state index contributed by atoms with van der Waals surface area (Å²) in [6.07, 6.45) is 0.700. The molecule has 1 aromatic heterocycles. The minimum atomic E-state index is -0.635. The van der Waals surface area contributed by atoms with Gasteiger partial charge in [0.15, 0.2) is 5.82 Å². The Kier molecular flexibility index (Phi) is 3.65. The van der Waals surface area contributed by atoms with Gasteiger partial charge < -0.3 is 10.3 Å². The molecule has 0 amide bonds. The predicted molar refractivity (Wildman–Crippen MR) is 74.7 cm³/mol. The van der Waals surface area contributed by atoms with Crippen molar-refractivity contribution in [3.8, 4) is 0 Å². The van der Waals surface area contributed by atoms with Crippen molar-refractivity contribution in [1.82, 2.24) is 10.1 Å². The molecule has 0 bridgehead atoms. The molecule has 0 spiro atoms. The molecular formula is C15H20FN3O. The van der Waals surface area contributed by atoms with Crippen LogP contribution in [-0.2, 0) is 11.0 Å². The SMILES string of the molecule is CCC(C)(N)c1nc(C(C)(C)c2ccc(F)cc2)no1. The molecule has 2 N–H and O–H groups in total. The highest BCUT2D eigenvalue weighted by atomic mass is 19.1. The van der Waals surface area contributed by atoms with E-state index in [-0.39, 0.29) is 5.82 Å². The van der Waals surface area contributed by atoms with E-state index in [1.165, 1.54) is 12.1 Å². The first-order chi connectivity index (χ1) is 9.27. The molecule has 2 rings (SSSR count). The third kappa shape index (κ3) is 2.58. The number of benzene rings is 1. The zero-order chi connectivity index (χ0) is 15.0. The average Bonchev–Trinajstić information content (AvgIpc) is 2.90. The molecule has 0 aliphatic heterocycles. The minimum Gasteiger partial charge on any atom is -0.337 e. The number of aromatic nitrogens is 2. The molecule has 2 aromatic rings. The Balaban J connectivity index is 2.37. The van der Waals surface area contributed by atoms with Gasteiger partial charge in [-0.15, -0.1) is 0 Å². The van der Waals surface area contributed by atoms with E-state index in [1.54, 1.807) is 12.1 Å². The number of hydrogen-bond donors (Lipinski definition) is 1. The van der Waals surface area contributed by atoms with Crippen molar-refractivity contribution < 1.29 is 8.91 Å². The van der Waals surface area contributed by atoms with Crippen LogP contribution in [0.5, 0.6) is 0 Å². The van der Waals surface area contributed by atoms with Gasteiger partial charge in [0.2, 0.25) is 5.89 Å². The van der Waals surface area contributed by atoms with Crippen LogP contribution in [0.2, 0.25) is 0 Å². The first-order valence-corrected chi connectivity index (χ1v) is 6.67. The smallest absolute Gasteiger partial charge is 0.246 e. The molecule has 1 heterocycles. The minimum absolute atomic E-state index is 0.265. The monoisotopic (exact) mass is 277 g/mol. The Morgan fingerprint density at radius 1 is 1.20 bits per heavy atom. The molecule has 1 unspecified atom stereocenters. The highest BCUT2D eigenvalue weighted by molar-refractivity contribution is 5.30. The Bertz CT molecular complexity index is 587. The van der Waals surface area contributed by atoms with Gasteiger partial charge in [-0.25, -0.2) is 4.39 Å². The highest BCUT2D eigenvalue weighted by Crippen LogP contribution is 2.31. The van der Waals surface area contributed by atoms with Crippen LogP contribution in [0.25, 0.3) is 0 Å². The van der Waals surface area contributed by atoms with E-state index in [0.29, 0.717) is 18.1 Å². The van der Waals surface area contributed by atoms with Crippen LogP contribution in [0.15, 0.2) is 28.8 Å². The van der Waals surface area contributed by atoms with Crippen LogP contribution >= 0.6 is 0 Å². The van der Waals surface area contributed by atoms with Crippen molar-refractivity contribution in [1.29, 1.82) is 0 Å². The zero-order valence-corrected chi connectivity index (χ0v) is 12.3. The average molecular weight is 277 g/mol. The zero-order valence-electron chi connectivity index (χ0n) is 12.3. The van der Waals surface area contributed by atoms with Crippen molar-refractivity contribution in [2.24, 2.45) is 5.73 Å². The lowest BCUT2D eigenvalue weighted by Crippen LogP contribution is -2.32. The van der Waals surface area contributed by atoms with Crippen molar-refractivity contribution in [2.75, 3.05) is 0 Å². The third-order valence-corrected chi connectivity index (χ3v) is 3.77. The fraction of sp³-hybridized carbons (Fsp3) is 0.467. The van der Waals surface area contributed by atoms with E-state index in [1.807, 2.05) is 27.7 Å². The summed E-state index contributed by atoms with van der Waals surface area (Å²) in [6, 6.07) is 6.31. The van der Waals surface area contributed by atoms with Crippen LogP contribution in [0.3, 0.4) is 0 Å². The van der Waals surface area contributed by atoms with Crippen molar-refractivity contribution in [3.63, 3.8) is 0 Å². The molecule has 1 aromatic carbocycles. The second kappa shape index (κ2) is 4.98. The van der Waals surface area contributed by atoms with Gasteiger partial charge in [0.05, 0.1) is 11.0 Å². The van der Waals surface area contributed by atoms with E-state index in [2.05, 4.69) is 10.1 Å². The highest BCUT2D eigenvalue weighted by Gasteiger charge is 2.33. The summed E-state index contributed by atoms with van der Waals surface area (Å²) in [5, 5.41) is 4.04. The topological polar surface area (TPSA) is 64.9 Å². The number of halogens is 1. The number of hydrogen-bond acceptors (Lipinski definition) is 4. The summed E-state index contributed by atoms with van der Waals surface area (Å²) in [5.74, 6) is 0.702. The maximum absolute atomic E-state index is 13.0. The van der Waals surface area contributed by atoms with Gasteiger partial charge in [0.25, 0.3) is 0 Å². The van der Waals surface area contributed by atoms with Gasteiger partial charge >= 0.3 is 0 Å². The molecule has 0 radical (unpaired) electrons. The van der Waals surface area contributed by atoms with E-state index in [0.717, 1.165) is 5.56 Å². The molecule has 0 saturated carbocycles. The number of nitrogens with zero attached hydrogens (tertiary/aromatic N) is 2. The lowest BCUT2D eigenvalue weighted by atomic mass is 9.84. The summed E-state index contributed by atoms with van der Waals surface area (Å²) in [6.45, 7) is 7.76. The third-order valence-electron chi connectivity index (χ3n) is 3.77. The molecule has 0 fully saturated rings. The Hall–Kier alpha value is -1.75. The molecular weight excluding hydrogens is 257 g/mol. The van der Waals surface area contributed by atoms with Crippen LogP contribution in [-0.4, -0.2) is 10.1 Å².